The first-order chi connectivity index (χ1) is 10.5. The van der Waals surface area contributed by atoms with Crippen LogP contribution in [0.3, 0.4) is 0 Å². The molecule has 0 unspecified atom stereocenters. The number of hydrogen-bond acceptors (Lipinski definition) is 6. The molecule has 2 rings (SSSR count). The molecule has 0 radical (unpaired) electrons. The van der Waals surface area contributed by atoms with Gasteiger partial charge in [-0.2, -0.15) is 0 Å². The zero-order valence-electron chi connectivity index (χ0n) is 13.5. The molecule has 22 heavy (non-hydrogen) atoms. The van der Waals surface area contributed by atoms with Crippen LogP contribution in [0.2, 0.25) is 0 Å². The van der Waals surface area contributed by atoms with Crippen LogP contribution in [0.1, 0.15) is 47.4 Å². The quantitative estimate of drug-likeness (QED) is 0.902. The second-order valence-corrected chi connectivity index (χ2v) is 7.16. The summed E-state index contributed by atoms with van der Waals surface area (Å²) in [4.78, 5) is 19.7. The maximum atomic E-state index is 12.4. The van der Waals surface area contributed by atoms with Gasteiger partial charge in [-0.05, 0) is 26.7 Å². The van der Waals surface area contributed by atoms with E-state index in [-0.39, 0.29) is 12.1 Å². The Hall–Kier alpha value is -1.54. The Morgan fingerprint density at radius 1 is 1.23 bits per heavy atom. The average Bonchev–Trinajstić information content (AvgIpc) is 3.11. The number of amides is 2. The van der Waals surface area contributed by atoms with Crippen LogP contribution in [-0.4, -0.2) is 33.2 Å². The number of rotatable bonds is 5. The van der Waals surface area contributed by atoms with Gasteiger partial charge < -0.3 is 4.90 Å². The van der Waals surface area contributed by atoms with Gasteiger partial charge >= 0.3 is 6.03 Å². The van der Waals surface area contributed by atoms with Crippen LogP contribution in [0.25, 0.3) is 0 Å². The molecule has 2 amide bonds. The number of aromatic nitrogens is 3. The Bertz CT molecular complexity index is 651. The Labute approximate surface area is 138 Å². The van der Waals surface area contributed by atoms with Gasteiger partial charge in [-0.25, -0.2) is 9.78 Å². The zero-order valence-corrected chi connectivity index (χ0v) is 15.1. The molecule has 6 nitrogen and oxygen atoms in total. The first kappa shape index (κ1) is 16.8. The highest BCUT2D eigenvalue weighted by Crippen LogP contribution is 2.29. The van der Waals surface area contributed by atoms with Crippen molar-refractivity contribution in [2.45, 2.75) is 46.6 Å². The van der Waals surface area contributed by atoms with Gasteiger partial charge in [0.2, 0.25) is 5.13 Å². The van der Waals surface area contributed by atoms with E-state index < -0.39 is 0 Å². The van der Waals surface area contributed by atoms with Crippen LogP contribution in [0.4, 0.5) is 9.93 Å². The van der Waals surface area contributed by atoms with Crippen molar-refractivity contribution in [1.29, 1.82) is 0 Å². The van der Waals surface area contributed by atoms with Gasteiger partial charge in [0.1, 0.15) is 5.01 Å². The monoisotopic (exact) mass is 339 g/mol. The second kappa shape index (κ2) is 7.15. The molecule has 0 aliphatic carbocycles. The van der Waals surface area contributed by atoms with Crippen LogP contribution >= 0.6 is 22.7 Å². The number of hydrogen-bond donors (Lipinski definition) is 1. The Kier molecular flexibility index (Phi) is 5.47. The molecule has 1 atom stereocenters. The van der Waals surface area contributed by atoms with Crippen LogP contribution in [0.15, 0.2) is 0 Å². The third-order valence-corrected chi connectivity index (χ3v) is 5.90. The van der Waals surface area contributed by atoms with Crippen molar-refractivity contribution in [3.8, 4) is 0 Å². The van der Waals surface area contributed by atoms with Crippen LogP contribution in [-0.2, 0) is 12.8 Å². The number of nitrogens with zero attached hydrogens (tertiary/aromatic N) is 4. The molecule has 120 valence electrons. The summed E-state index contributed by atoms with van der Waals surface area (Å²) in [6.07, 6.45) is 1.73. The average molecular weight is 339 g/mol. The molecule has 0 saturated heterocycles. The summed E-state index contributed by atoms with van der Waals surface area (Å²) < 4.78 is 0. The highest BCUT2D eigenvalue weighted by atomic mass is 32.1. The maximum absolute atomic E-state index is 12.4. The van der Waals surface area contributed by atoms with Crippen molar-refractivity contribution in [3.63, 3.8) is 0 Å². The number of thiazole rings is 1. The lowest BCUT2D eigenvalue weighted by Crippen LogP contribution is -2.33. The van der Waals surface area contributed by atoms with Gasteiger partial charge in [-0.3, -0.25) is 5.32 Å². The van der Waals surface area contributed by atoms with E-state index in [0.29, 0.717) is 5.13 Å². The van der Waals surface area contributed by atoms with Crippen molar-refractivity contribution < 1.29 is 4.79 Å². The lowest BCUT2D eigenvalue weighted by atomic mass is 10.2. The van der Waals surface area contributed by atoms with Crippen LogP contribution in [0, 0.1) is 6.92 Å². The van der Waals surface area contributed by atoms with E-state index >= 15 is 0 Å². The predicted octanol–water partition coefficient (Wildman–Crippen LogP) is 3.65. The zero-order chi connectivity index (χ0) is 16.3. The fourth-order valence-electron chi connectivity index (χ4n) is 1.98. The summed E-state index contributed by atoms with van der Waals surface area (Å²) >= 11 is 3.08. The van der Waals surface area contributed by atoms with Gasteiger partial charge in [0.25, 0.3) is 0 Å². The molecular formula is C14H21N5OS2. The van der Waals surface area contributed by atoms with Gasteiger partial charge in [0, 0.05) is 11.9 Å². The summed E-state index contributed by atoms with van der Waals surface area (Å²) in [6, 6.07) is -0.214. The number of urea groups is 1. The molecule has 0 aliphatic rings. The molecule has 8 heteroatoms. The molecule has 2 aromatic rings. The molecule has 0 aromatic carbocycles. The largest absolute Gasteiger partial charge is 0.323 e. The number of anilines is 1. The molecule has 0 bridgehead atoms. The summed E-state index contributed by atoms with van der Waals surface area (Å²) in [7, 11) is 1.78. The normalized spacial score (nSPS) is 12.2. The molecule has 2 aromatic heterocycles. The third-order valence-electron chi connectivity index (χ3n) is 3.44. The molecule has 0 saturated carbocycles. The van der Waals surface area contributed by atoms with Crippen molar-refractivity contribution in [3.05, 3.63) is 20.6 Å². The molecule has 0 fully saturated rings. The highest BCUT2D eigenvalue weighted by Gasteiger charge is 2.22. The lowest BCUT2D eigenvalue weighted by Gasteiger charge is -2.24. The predicted molar refractivity (Wildman–Crippen MR) is 90.7 cm³/mol. The topological polar surface area (TPSA) is 71.0 Å². The third kappa shape index (κ3) is 3.61. The molecule has 0 spiro atoms. The van der Waals surface area contributed by atoms with Crippen LogP contribution in [0.5, 0.6) is 0 Å². The SMILES string of the molecule is CCc1nnc(NC(=O)N(C)[C@H](C)c2sc(CC)nc2C)s1. The van der Waals surface area contributed by atoms with E-state index in [9.17, 15) is 4.79 Å². The summed E-state index contributed by atoms with van der Waals surface area (Å²) in [5.74, 6) is 0. The van der Waals surface area contributed by atoms with Crippen molar-refractivity contribution >= 4 is 33.8 Å². The number of nitrogens with one attached hydrogen (secondary N) is 1. The fourth-order valence-corrected chi connectivity index (χ4v) is 3.75. The second-order valence-electron chi connectivity index (χ2n) is 4.98. The summed E-state index contributed by atoms with van der Waals surface area (Å²) in [5, 5.41) is 13.3. The first-order valence-electron chi connectivity index (χ1n) is 7.28. The molecule has 0 aliphatic heterocycles. The van der Waals surface area contributed by atoms with Gasteiger partial charge in [0.05, 0.1) is 16.7 Å². The van der Waals surface area contributed by atoms with Crippen molar-refractivity contribution in [2.75, 3.05) is 12.4 Å². The van der Waals surface area contributed by atoms with E-state index in [2.05, 4.69) is 27.4 Å². The van der Waals surface area contributed by atoms with Gasteiger partial charge in [0.15, 0.2) is 0 Å². The summed E-state index contributed by atoms with van der Waals surface area (Å²) in [5.41, 5.74) is 0.998. The number of carbonyl (C=O) groups excluding carboxylic acids is 1. The van der Waals surface area contributed by atoms with E-state index in [1.165, 1.54) is 11.3 Å². The Morgan fingerprint density at radius 2 is 1.91 bits per heavy atom. The minimum absolute atomic E-state index is 0.0311. The Morgan fingerprint density at radius 3 is 2.45 bits per heavy atom. The first-order valence-corrected chi connectivity index (χ1v) is 8.91. The lowest BCUT2D eigenvalue weighted by molar-refractivity contribution is 0.209. The highest BCUT2D eigenvalue weighted by molar-refractivity contribution is 7.15. The van der Waals surface area contributed by atoms with Crippen molar-refractivity contribution in [1.82, 2.24) is 20.1 Å². The fraction of sp³-hybridized carbons (Fsp3) is 0.571. The standard InChI is InChI=1S/C14H21N5OS2/c1-6-10-15-8(3)12(21-10)9(4)19(5)14(20)16-13-18-17-11(7-2)22-13/h9H,6-7H2,1-5H3,(H,16,18,20)/t9-/m1/s1. The number of carbonyl (C=O) groups is 1. The van der Waals surface area contributed by atoms with E-state index in [0.717, 1.165) is 33.4 Å². The maximum Gasteiger partial charge on any atom is 0.323 e. The van der Waals surface area contributed by atoms with E-state index in [1.807, 2.05) is 20.8 Å². The minimum Gasteiger partial charge on any atom is -0.320 e. The van der Waals surface area contributed by atoms with E-state index in [1.54, 1.807) is 23.3 Å². The minimum atomic E-state index is -0.183. The van der Waals surface area contributed by atoms with Crippen molar-refractivity contribution in [2.24, 2.45) is 0 Å². The van der Waals surface area contributed by atoms with Crippen LogP contribution < -0.4 is 5.32 Å². The molecular weight excluding hydrogens is 318 g/mol. The summed E-state index contributed by atoms with van der Waals surface area (Å²) in [6.45, 7) is 8.10. The van der Waals surface area contributed by atoms with Gasteiger partial charge in [-0.15, -0.1) is 21.5 Å². The number of aryl methyl sites for hydroxylation is 3. The van der Waals surface area contributed by atoms with E-state index in [4.69, 9.17) is 0 Å². The van der Waals surface area contributed by atoms with Gasteiger partial charge in [-0.1, -0.05) is 25.2 Å². The Balaban J connectivity index is 2.07. The molecule has 1 N–H and O–H groups in total. The molecule has 2 heterocycles. The smallest absolute Gasteiger partial charge is 0.320 e.